The van der Waals surface area contributed by atoms with E-state index < -0.39 is 0 Å². The molecule has 316 valence electrons. The average Bonchev–Trinajstić information content (AvgIpc) is 3.96. The van der Waals surface area contributed by atoms with Crippen LogP contribution < -0.4 is 0 Å². The summed E-state index contributed by atoms with van der Waals surface area (Å²) in [6, 6.07) is 77.3. The van der Waals surface area contributed by atoms with E-state index in [1.807, 2.05) is 30.3 Å². The zero-order valence-corrected chi connectivity index (χ0v) is 36.5. The standard InChI is InChI=1S/C62H37N5O/c1-3-15-38(16-4-1)40-30-31-42-36-43(33-32-41(42)35-40)59-64-60(66-61(65-59)50-25-13-29-56-57(50)51-26-14-34-63-62(51)68-56)49-24-11-23-46-44(49)22-12-28-55(46)67-54-27-10-9-20-47(54)53-37-52(39-17-5-2-6-18-39)45-19-7-8-21-48(45)58(53)67/h1-37H. The van der Waals surface area contributed by atoms with Crippen molar-refractivity contribution in [3.05, 3.63) is 225 Å². The van der Waals surface area contributed by atoms with Gasteiger partial charge in [0.05, 0.1) is 16.7 Å². The predicted molar refractivity (Wildman–Crippen MR) is 279 cm³/mol. The van der Waals surface area contributed by atoms with Gasteiger partial charge in [0.2, 0.25) is 5.71 Å². The van der Waals surface area contributed by atoms with Crippen LogP contribution in [0.3, 0.4) is 0 Å². The normalized spacial score (nSPS) is 11.8. The number of fused-ring (bicyclic) bond motifs is 10. The van der Waals surface area contributed by atoms with Gasteiger partial charge in [-0.3, -0.25) is 0 Å². The molecule has 0 N–H and O–H groups in total. The second-order valence-corrected chi connectivity index (χ2v) is 17.3. The van der Waals surface area contributed by atoms with Crippen molar-refractivity contribution in [2.75, 3.05) is 0 Å². The van der Waals surface area contributed by atoms with Crippen LogP contribution in [0.15, 0.2) is 229 Å². The maximum Gasteiger partial charge on any atom is 0.227 e. The number of furan rings is 1. The molecule has 4 aromatic heterocycles. The van der Waals surface area contributed by atoms with E-state index in [1.165, 1.54) is 49.3 Å². The zero-order valence-electron chi connectivity index (χ0n) is 36.5. The maximum atomic E-state index is 6.27. The van der Waals surface area contributed by atoms with Crippen molar-refractivity contribution in [1.82, 2.24) is 24.5 Å². The van der Waals surface area contributed by atoms with E-state index in [2.05, 4.69) is 198 Å². The molecule has 14 aromatic rings. The van der Waals surface area contributed by atoms with Crippen LogP contribution in [-0.2, 0) is 0 Å². The Kier molecular flexibility index (Phi) is 8.48. The van der Waals surface area contributed by atoms with Crippen LogP contribution in [0.5, 0.6) is 0 Å². The Labute approximate surface area is 390 Å². The Hall–Kier alpha value is -9.26. The van der Waals surface area contributed by atoms with Gasteiger partial charge in [-0.1, -0.05) is 170 Å². The minimum Gasteiger partial charge on any atom is -0.438 e. The lowest BCUT2D eigenvalue weighted by molar-refractivity contribution is 0.654. The van der Waals surface area contributed by atoms with E-state index in [-0.39, 0.29) is 0 Å². The highest BCUT2D eigenvalue weighted by Crippen LogP contribution is 2.44. The maximum absolute atomic E-state index is 6.27. The van der Waals surface area contributed by atoms with E-state index >= 15 is 0 Å². The Morgan fingerprint density at radius 1 is 0.353 bits per heavy atom. The van der Waals surface area contributed by atoms with Gasteiger partial charge in [0.15, 0.2) is 17.5 Å². The summed E-state index contributed by atoms with van der Waals surface area (Å²) in [7, 11) is 0. The summed E-state index contributed by atoms with van der Waals surface area (Å²) in [6.45, 7) is 0. The smallest absolute Gasteiger partial charge is 0.227 e. The first kappa shape index (κ1) is 38.1. The third kappa shape index (κ3) is 5.98. The molecule has 0 aliphatic rings. The van der Waals surface area contributed by atoms with Crippen molar-refractivity contribution < 1.29 is 4.42 Å². The zero-order chi connectivity index (χ0) is 44.7. The fourth-order valence-corrected chi connectivity index (χ4v) is 10.4. The molecule has 0 fully saturated rings. The first-order valence-electron chi connectivity index (χ1n) is 22.9. The Morgan fingerprint density at radius 2 is 0.956 bits per heavy atom. The largest absolute Gasteiger partial charge is 0.438 e. The van der Waals surface area contributed by atoms with E-state index in [0.29, 0.717) is 23.2 Å². The molecular weight excluding hydrogens is 831 g/mol. The summed E-state index contributed by atoms with van der Waals surface area (Å²) in [4.78, 5) is 20.6. The van der Waals surface area contributed by atoms with Gasteiger partial charge in [0.1, 0.15) is 5.58 Å². The molecular formula is C62H37N5O. The number of para-hydroxylation sites is 1. The second kappa shape index (κ2) is 15.2. The van der Waals surface area contributed by atoms with Crippen molar-refractivity contribution >= 4 is 76.2 Å². The van der Waals surface area contributed by atoms with Gasteiger partial charge in [-0.05, 0) is 92.3 Å². The number of rotatable bonds is 6. The predicted octanol–water partition coefficient (Wildman–Crippen LogP) is 16.1. The van der Waals surface area contributed by atoms with Crippen molar-refractivity contribution in [2.24, 2.45) is 0 Å². The molecule has 0 saturated carbocycles. The highest BCUT2D eigenvalue weighted by atomic mass is 16.3. The minimum atomic E-state index is 0.554. The first-order valence-corrected chi connectivity index (χ1v) is 22.9. The molecule has 10 aromatic carbocycles. The number of pyridine rings is 1. The topological polar surface area (TPSA) is 69.6 Å². The average molecular weight is 868 g/mol. The van der Waals surface area contributed by atoms with Gasteiger partial charge < -0.3 is 8.98 Å². The first-order chi connectivity index (χ1) is 33.7. The fraction of sp³-hybridized carbons (Fsp3) is 0. The second-order valence-electron chi connectivity index (χ2n) is 17.3. The van der Waals surface area contributed by atoms with Crippen molar-refractivity contribution in [2.45, 2.75) is 0 Å². The number of hydrogen-bond donors (Lipinski definition) is 0. The number of aromatic nitrogens is 5. The fourth-order valence-electron chi connectivity index (χ4n) is 10.4. The molecule has 0 spiro atoms. The van der Waals surface area contributed by atoms with E-state index in [1.54, 1.807) is 6.20 Å². The molecule has 0 unspecified atom stereocenters. The molecule has 0 aliphatic carbocycles. The van der Waals surface area contributed by atoms with Gasteiger partial charge in [0, 0.05) is 55.2 Å². The number of hydrogen-bond acceptors (Lipinski definition) is 5. The van der Waals surface area contributed by atoms with Crippen LogP contribution in [0.4, 0.5) is 0 Å². The molecule has 0 saturated heterocycles. The molecule has 0 amide bonds. The Balaban J connectivity index is 0.999. The van der Waals surface area contributed by atoms with Crippen molar-refractivity contribution in [3.8, 4) is 62.1 Å². The van der Waals surface area contributed by atoms with Crippen LogP contribution in [0.1, 0.15) is 0 Å². The molecule has 6 nitrogen and oxygen atoms in total. The van der Waals surface area contributed by atoms with Gasteiger partial charge in [-0.15, -0.1) is 0 Å². The lowest BCUT2D eigenvalue weighted by atomic mass is 9.95. The summed E-state index contributed by atoms with van der Waals surface area (Å²) in [5, 5.41) is 11.0. The van der Waals surface area contributed by atoms with Crippen LogP contribution in [0.25, 0.3) is 138 Å². The van der Waals surface area contributed by atoms with Crippen LogP contribution in [-0.4, -0.2) is 24.5 Å². The van der Waals surface area contributed by atoms with Crippen molar-refractivity contribution in [1.29, 1.82) is 0 Å². The molecule has 0 atom stereocenters. The van der Waals surface area contributed by atoms with Crippen molar-refractivity contribution in [3.63, 3.8) is 0 Å². The summed E-state index contributed by atoms with van der Waals surface area (Å²) in [6.07, 6.45) is 1.75. The summed E-state index contributed by atoms with van der Waals surface area (Å²) < 4.78 is 8.73. The molecule has 0 radical (unpaired) electrons. The lowest BCUT2D eigenvalue weighted by Gasteiger charge is -2.16. The van der Waals surface area contributed by atoms with E-state index in [4.69, 9.17) is 19.4 Å². The van der Waals surface area contributed by atoms with Crippen LogP contribution in [0, 0.1) is 0 Å². The summed E-state index contributed by atoms with van der Waals surface area (Å²) in [5.41, 5.74) is 12.1. The Bertz CT molecular complexity index is 4330. The van der Waals surface area contributed by atoms with E-state index in [9.17, 15) is 0 Å². The summed E-state index contributed by atoms with van der Waals surface area (Å²) >= 11 is 0. The third-order valence-corrected chi connectivity index (χ3v) is 13.5. The van der Waals surface area contributed by atoms with Gasteiger partial charge in [-0.2, -0.15) is 0 Å². The van der Waals surface area contributed by atoms with Crippen LogP contribution in [0.2, 0.25) is 0 Å². The van der Waals surface area contributed by atoms with Gasteiger partial charge >= 0.3 is 0 Å². The monoisotopic (exact) mass is 867 g/mol. The lowest BCUT2D eigenvalue weighted by Crippen LogP contribution is -2.01. The minimum absolute atomic E-state index is 0.554. The Morgan fingerprint density at radius 3 is 1.79 bits per heavy atom. The highest BCUT2D eigenvalue weighted by molar-refractivity contribution is 6.23. The highest BCUT2D eigenvalue weighted by Gasteiger charge is 2.22. The molecule has 68 heavy (non-hydrogen) atoms. The molecule has 0 bridgehead atoms. The van der Waals surface area contributed by atoms with Gasteiger partial charge in [-0.25, -0.2) is 19.9 Å². The molecule has 6 heteroatoms. The quantitative estimate of drug-likeness (QED) is 0.166. The SMILES string of the molecule is c1ccc(-c2ccc3cc(-c4nc(-c5cccc6c(-n7c8ccccc8c8cc(-c9ccccc9)c9ccccc9c87)cccc56)nc(-c5cccc6oc7ncccc7c56)n4)ccc3c2)cc1. The number of benzene rings is 10. The molecule has 0 aliphatic heterocycles. The molecule has 4 heterocycles. The van der Waals surface area contributed by atoms with Gasteiger partial charge in [0.25, 0.3) is 0 Å². The number of nitrogens with zero attached hydrogens (tertiary/aromatic N) is 5. The van der Waals surface area contributed by atoms with Crippen LogP contribution >= 0.6 is 0 Å². The molecule has 14 rings (SSSR count). The third-order valence-electron chi connectivity index (χ3n) is 13.5. The van der Waals surface area contributed by atoms with E-state index in [0.717, 1.165) is 65.8 Å². The summed E-state index contributed by atoms with van der Waals surface area (Å²) in [5.74, 6) is 1.71.